The molecule has 2 heterocycles. The van der Waals surface area contributed by atoms with E-state index in [4.69, 9.17) is 37.8 Å². The third-order valence-corrected chi connectivity index (χ3v) is 7.74. The summed E-state index contributed by atoms with van der Waals surface area (Å²) in [4.78, 5) is 30.6. The second-order valence-electron chi connectivity index (χ2n) is 9.54. The number of aliphatic hydroxyl groups excluding tert-OH is 1. The van der Waals surface area contributed by atoms with Gasteiger partial charge < -0.3 is 19.5 Å². The Hall–Kier alpha value is -2.52. The molecule has 2 aliphatic heterocycles. The van der Waals surface area contributed by atoms with Crippen molar-refractivity contribution in [3.63, 3.8) is 0 Å². The Kier molecular flexibility index (Phi) is 10.5. The molecule has 4 rings (SSSR count). The van der Waals surface area contributed by atoms with E-state index in [1.54, 1.807) is 0 Å². The number of anilines is 2. The second kappa shape index (κ2) is 14.0. The summed E-state index contributed by atoms with van der Waals surface area (Å²) < 4.78 is 11.3. The molecule has 1 fully saturated rings. The number of aliphatic hydroxyl groups is 1. The molecule has 0 bridgehead atoms. The van der Waals surface area contributed by atoms with E-state index in [9.17, 15) is 9.59 Å². The molecule has 38 heavy (non-hydrogen) atoms. The Morgan fingerprint density at radius 1 is 0.974 bits per heavy atom. The highest BCUT2D eigenvalue weighted by atomic mass is 35.5. The van der Waals surface area contributed by atoms with Crippen LogP contribution in [-0.2, 0) is 20.7 Å². The lowest BCUT2D eigenvalue weighted by Crippen LogP contribution is -2.46. The molecule has 1 amide bonds. The summed E-state index contributed by atoms with van der Waals surface area (Å²) in [5.41, 5.74) is 2.75. The summed E-state index contributed by atoms with van der Waals surface area (Å²) in [7, 11) is 0. The lowest BCUT2D eigenvalue weighted by molar-refractivity contribution is -0.144. The first-order chi connectivity index (χ1) is 18.5. The van der Waals surface area contributed by atoms with Crippen LogP contribution in [0.2, 0.25) is 10.0 Å². The summed E-state index contributed by atoms with van der Waals surface area (Å²) in [6, 6.07) is 11.5. The van der Waals surface area contributed by atoms with Gasteiger partial charge in [-0.25, -0.2) is 0 Å². The van der Waals surface area contributed by atoms with Gasteiger partial charge in [0.1, 0.15) is 5.75 Å². The number of carbonyl (C=O) groups excluding carboxylic acids is 2. The van der Waals surface area contributed by atoms with Crippen LogP contribution in [0.1, 0.15) is 37.7 Å². The van der Waals surface area contributed by atoms with Crippen molar-refractivity contribution in [1.29, 1.82) is 0 Å². The van der Waals surface area contributed by atoms with Gasteiger partial charge in [0.2, 0.25) is 5.91 Å². The fourth-order valence-corrected chi connectivity index (χ4v) is 5.17. The van der Waals surface area contributed by atoms with Crippen LogP contribution >= 0.6 is 23.2 Å². The number of esters is 1. The van der Waals surface area contributed by atoms with Crippen molar-refractivity contribution in [2.45, 2.75) is 38.5 Å². The molecule has 0 aliphatic carbocycles. The molecule has 206 valence electrons. The summed E-state index contributed by atoms with van der Waals surface area (Å²) in [6.45, 7) is 5.17. The molecule has 0 unspecified atom stereocenters. The number of hydrogen-bond donors (Lipinski definition) is 1. The predicted octanol–water partition coefficient (Wildman–Crippen LogP) is 4.53. The molecule has 1 N–H and O–H groups in total. The minimum absolute atomic E-state index is 0.0722. The van der Waals surface area contributed by atoms with E-state index < -0.39 is 5.97 Å². The van der Waals surface area contributed by atoms with Crippen LogP contribution in [0.5, 0.6) is 5.75 Å². The largest absolute Gasteiger partial charge is 0.494 e. The Labute approximate surface area is 234 Å². The van der Waals surface area contributed by atoms with Gasteiger partial charge in [-0.05, 0) is 56.0 Å². The first-order valence-corrected chi connectivity index (χ1v) is 14.0. The number of hydrogen-bond acceptors (Lipinski definition) is 7. The zero-order chi connectivity index (χ0) is 26.9. The number of piperazine rings is 1. The number of halogens is 2. The average Bonchev–Trinajstić information content (AvgIpc) is 2.93. The van der Waals surface area contributed by atoms with Gasteiger partial charge in [-0.3, -0.25) is 19.4 Å². The van der Waals surface area contributed by atoms with Gasteiger partial charge in [0, 0.05) is 51.7 Å². The fraction of sp³-hybridized carbons (Fsp3) is 0.500. The summed E-state index contributed by atoms with van der Waals surface area (Å²) >= 11 is 12.6. The number of rotatable bonds is 12. The van der Waals surface area contributed by atoms with E-state index in [2.05, 4.69) is 9.80 Å². The van der Waals surface area contributed by atoms with Crippen molar-refractivity contribution in [3.8, 4) is 5.75 Å². The summed E-state index contributed by atoms with van der Waals surface area (Å²) in [5.74, 6) is 0.186. The van der Waals surface area contributed by atoms with Crippen LogP contribution in [0.4, 0.5) is 11.4 Å². The monoisotopic (exact) mass is 563 g/mol. The number of ether oxygens (including phenoxy) is 2. The van der Waals surface area contributed by atoms with Crippen LogP contribution in [0.3, 0.4) is 0 Å². The van der Waals surface area contributed by atoms with Gasteiger partial charge in [-0.1, -0.05) is 35.3 Å². The summed E-state index contributed by atoms with van der Waals surface area (Å²) in [6.07, 6.45) is 3.44. The fourth-order valence-electron chi connectivity index (χ4n) is 4.76. The molecule has 2 aromatic rings. The van der Waals surface area contributed by atoms with Crippen molar-refractivity contribution < 1.29 is 24.2 Å². The Bertz CT molecular complexity index is 1110. The Balaban J connectivity index is 1.19. The number of benzene rings is 2. The van der Waals surface area contributed by atoms with Gasteiger partial charge in [0.05, 0.1) is 28.0 Å². The number of carbonyl (C=O) groups is 2. The van der Waals surface area contributed by atoms with Gasteiger partial charge in [-0.15, -0.1) is 0 Å². The van der Waals surface area contributed by atoms with Gasteiger partial charge in [-0.2, -0.15) is 0 Å². The van der Waals surface area contributed by atoms with Crippen molar-refractivity contribution in [3.05, 3.63) is 52.0 Å². The normalized spacial score (nSPS) is 15.9. The molecule has 1 saturated heterocycles. The van der Waals surface area contributed by atoms with Crippen molar-refractivity contribution in [1.82, 2.24) is 4.90 Å². The van der Waals surface area contributed by atoms with Crippen LogP contribution < -0.4 is 14.5 Å². The van der Waals surface area contributed by atoms with Gasteiger partial charge in [0.15, 0.2) is 6.73 Å². The predicted molar refractivity (Wildman–Crippen MR) is 149 cm³/mol. The van der Waals surface area contributed by atoms with Crippen LogP contribution in [0.15, 0.2) is 36.4 Å². The van der Waals surface area contributed by atoms with E-state index in [-0.39, 0.29) is 25.7 Å². The smallest absolute Gasteiger partial charge is 0.307 e. The van der Waals surface area contributed by atoms with E-state index in [1.165, 1.54) is 4.90 Å². The molecule has 0 aromatic heterocycles. The number of aryl methyl sites for hydroxylation is 1. The molecule has 0 spiro atoms. The summed E-state index contributed by atoms with van der Waals surface area (Å²) in [5, 5.41) is 10.1. The van der Waals surface area contributed by atoms with Crippen molar-refractivity contribution in [2.24, 2.45) is 0 Å². The third-order valence-electron chi connectivity index (χ3n) is 6.93. The molecule has 10 heteroatoms. The van der Waals surface area contributed by atoms with Crippen LogP contribution in [-0.4, -0.2) is 74.6 Å². The molecular formula is C28H35Cl2N3O5. The highest BCUT2D eigenvalue weighted by molar-refractivity contribution is 6.43. The molecule has 2 aromatic carbocycles. The standard InChI is InChI=1S/C28H35Cl2N3O5/c29-23-5-3-6-24(28(23)30)32-15-13-31(14-16-32)12-1-2-18-37-22-10-8-21-9-11-26(35)33(25(21)19-22)20-38-27(36)7-4-17-34/h3,5-6,8,10,19,34H,1-2,4,7,9,11-18,20H2. The van der Waals surface area contributed by atoms with E-state index >= 15 is 0 Å². The zero-order valence-electron chi connectivity index (χ0n) is 21.5. The maximum Gasteiger partial charge on any atom is 0.307 e. The van der Waals surface area contributed by atoms with Crippen molar-refractivity contribution >= 4 is 46.5 Å². The molecule has 0 radical (unpaired) electrons. The first kappa shape index (κ1) is 28.5. The van der Waals surface area contributed by atoms with Crippen LogP contribution in [0, 0.1) is 0 Å². The maximum atomic E-state index is 12.5. The molecule has 8 nitrogen and oxygen atoms in total. The highest BCUT2D eigenvalue weighted by Gasteiger charge is 2.26. The topological polar surface area (TPSA) is 82.5 Å². The quantitative estimate of drug-likeness (QED) is 0.300. The second-order valence-corrected chi connectivity index (χ2v) is 10.3. The van der Waals surface area contributed by atoms with Gasteiger partial charge >= 0.3 is 5.97 Å². The van der Waals surface area contributed by atoms with E-state index in [0.717, 1.165) is 62.5 Å². The van der Waals surface area contributed by atoms with E-state index in [1.807, 2.05) is 36.4 Å². The highest BCUT2D eigenvalue weighted by Crippen LogP contribution is 2.33. The minimum atomic E-state index is -0.430. The number of unbranched alkanes of at least 4 members (excludes halogenated alkanes) is 1. The van der Waals surface area contributed by atoms with Crippen molar-refractivity contribution in [2.75, 3.05) is 62.5 Å². The lowest BCUT2D eigenvalue weighted by Gasteiger charge is -2.36. The van der Waals surface area contributed by atoms with E-state index in [0.29, 0.717) is 41.7 Å². The minimum Gasteiger partial charge on any atom is -0.494 e. The SMILES string of the molecule is O=C(CCCO)OCN1C(=O)CCc2ccc(OCCCCN3CCN(c4cccc(Cl)c4Cl)CC3)cc21. The van der Waals surface area contributed by atoms with Gasteiger partial charge in [0.25, 0.3) is 0 Å². The lowest BCUT2D eigenvalue weighted by atomic mass is 10.0. The first-order valence-electron chi connectivity index (χ1n) is 13.2. The Morgan fingerprint density at radius 3 is 2.58 bits per heavy atom. The molecule has 2 aliphatic rings. The molecule has 0 atom stereocenters. The number of fused-ring (bicyclic) bond motifs is 1. The molecule has 0 saturated carbocycles. The third kappa shape index (κ3) is 7.53. The zero-order valence-corrected chi connectivity index (χ0v) is 23.1. The number of amides is 1. The number of nitrogens with zero attached hydrogens (tertiary/aromatic N) is 3. The van der Waals surface area contributed by atoms with Crippen LogP contribution in [0.25, 0.3) is 0 Å². The average molecular weight is 565 g/mol. The maximum absolute atomic E-state index is 12.5. The molecular weight excluding hydrogens is 529 g/mol. The Morgan fingerprint density at radius 2 is 1.79 bits per heavy atom.